The van der Waals surface area contributed by atoms with Crippen LogP contribution in [0.2, 0.25) is 0 Å². The fourth-order valence-electron chi connectivity index (χ4n) is 3.21. The normalized spacial score (nSPS) is 12.0. The lowest BCUT2D eigenvalue weighted by Crippen LogP contribution is -2.11. The van der Waals surface area contributed by atoms with Gasteiger partial charge >= 0.3 is 12.4 Å². The van der Waals surface area contributed by atoms with Gasteiger partial charge in [-0.15, -0.1) is 0 Å². The number of aryl methyl sites for hydroxylation is 2. The number of aldehydes is 1. The molecule has 0 spiro atoms. The zero-order valence-electron chi connectivity index (χ0n) is 17.8. The van der Waals surface area contributed by atoms with E-state index < -0.39 is 30.3 Å². The molecule has 0 aliphatic heterocycles. The summed E-state index contributed by atoms with van der Waals surface area (Å²) >= 11 is 0. The van der Waals surface area contributed by atoms with Crippen molar-refractivity contribution in [3.63, 3.8) is 0 Å². The van der Waals surface area contributed by atoms with Crippen molar-refractivity contribution in [2.75, 3.05) is 0 Å². The maximum Gasteiger partial charge on any atom is 0.435 e. The Morgan fingerprint density at radius 1 is 0.882 bits per heavy atom. The number of hydrogen-bond donors (Lipinski definition) is 1. The van der Waals surface area contributed by atoms with E-state index >= 15 is 0 Å². The van der Waals surface area contributed by atoms with Gasteiger partial charge in [0.25, 0.3) is 0 Å². The molecule has 0 unspecified atom stereocenters. The van der Waals surface area contributed by atoms with Crippen LogP contribution in [-0.4, -0.2) is 40.7 Å². The number of rotatable bonds is 4. The molecule has 0 bridgehead atoms. The minimum atomic E-state index is -4.51. The molecule has 1 aromatic carbocycles. The van der Waals surface area contributed by atoms with Gasteiger partial charge in [0.05, 0.1) is 18.7 Å². The van der Waals surface area contributed by atoms with E-state index in [1.807, 2.05) is 0 Å². The van der Waals surface area contributed by atoms with Crippen LogP contribution in [-0.2, 0) is 39.6 Å². The van der Waals surface area contributed by atoms with Crippen molar-refractivity contribution in [2.45, 2.75) is 25.5 Å². The number of aromatic nitrogens is 6. The molecule has 0 saturated heterocycles. The average Bonchev–Trinajstić information content (AvgIpc) is 3.43. The topological polar surface area (TPSA) is 90.8 Å². The fraction of sp³-hybridized carbons (Fsp3) is 0.300. The number of halogens is 6. The van der Waals surface area contributed by atoms with Gasteiger partial charge in [-0.3, -0.25) is 18.8 Å². The van der Waals surface area contributed by atoms with E-state index in [2.05, 4.69) is 15.3 Å². The summed E-state index contributed by atoms with van der Waals surface area (Å²) in [5.74, 6) is 0. The maximum absolute atomic E-state index is 12.9. The third-order valence-electron chi connectivity index (χ3n) is 4.56. The van der Waals surface area contributed by atoms with Crippen LogP contribution in [0.1, 0.15) is 32.9 Å². The summed E-state index contributed by atoms with van der Waals surface area (Å²) in [4.78, 5) is 10.7. The van der Waals surface area contributed by atoms with Gasteiger partial charge in [0.1, 0.15) is 6.29 Å². The van der Waals surface area contributed by atoms with Crippen LogP contribution < -0.4 is 0 Å². The predicted molar refractivity (Wildman–Crippen MR) is 107 cm³/mol. The highest BCUT2D eigenvalue weighted by Crippen LogP contribution is 2.31. The monoisotopic (exact) mass is 488 g/mol. The smallest absolute Gasteiger partial charge is 0.392 e. The molecule has 0 fully saturated rings. The van der Waals surface area contributed by atoms with Gasteiger partial charge in [-0.25, -0.2) is 0 Å². The van der Waals surface area contributed by atoms with Crippen molar-refractivity contribution >= 4 is 17.2 Å². The number of alkyl halides is 6. The molecule has 0 aliphatic rings. The molecule has 3 aromatic heterocycles. The van der Waals surface area contributed by atoms with Crippen LogP contribution in [0.25, 0.3) is 10.9 Å². The minimum Gasteiger partial charge on any atom is -0.392 e. The van der Waals surface area contributed by atoms with E-state index in [1.54, 1.807) is 24.4 Å². The van der Waals surface area contributed by atoms with Crippen molar-refractivity contribution in [1.29, 1.82) is 0 Å². The molecule has 0 radical (unpaired) electrons. The van der Waals surface area contributed by atoms with Crippen molar-refractivity contribution in [1.82, 2.24) is 29.3 Å². The molecule has 0 aliphatic carbocycles. The highest BCUT2D eigenvalue weighted by molar-refractivity contribution is 5.86. The summed E-state index contributed by atoms with van der Waals surface area (Å²) in [6.45, 7) is -0.698. The lowest BCUT2D eigenvalue weighted by atomic mass is 10.2. The molecule has 34 heavy (non-hydrogen) atoms. The first kappa shape index (κ1) is 25.0. The van der Waals surface area contributed by atoms with Crippen molar-refractivity contribution in [3.8, 4) is 0 Å². The minimum absolute atomic E-state index is 0.0402. The molecule has 1 N–H and O–H groups in total. The van der Waals surface area contributed by atoms with Gasteiger partial charge in [0.2, 0.25) is 0 Å². The van der Waals surface area contributed by atoms with Gasteiger partial charge in [-0.1, -0.05) is 0 Å². The zero-order valence-corrected chi connectivity index (χ0v) is 17.8. The van der Waals surface area contributed by atoms with Crippen molar-refractivity contribution in [2.24, 2.45) is 14.1 Å². The Labute approximate surface area is 188 Å². The molecule has 8 nitrogen and oxygen atoms in total. The van der Waals surface area contributed by atoms with Gasteiger partial charge in [-0.2, -0.15) is 41.6 Å². The van der Waals surface area contributed by atoms with E-state index in [9.17, 15) is 31.1 Å². The summed E-state index contributed by atoms with van der Waals surface area (Å²) in [5, 5.41) is 20.1. The SMILES string of the molecule is Cn1cc(CO)c(C(F)(F)F)n1.Cn1cc(Cn2cc3cc(C=O)ccc3n2)c(C(F)(F)F)n1. The quantitative estimate of drug-likeness (QED) is 0.350. The second-order valence-corrected chi connectivity index (χ2v) is 7.27. The van der Waals surface area contributed by atoms with Crippen LogP contribution in [0.4, 0.5) is 26.3 Å². The summed E-state index contributed by atoms with van der Waals surface area (Å²) in [6.07, 6.45) is -4.21. The van der Waals surface area contributed by atoms with Crippen molar-refractivity contribution in [3.05, 3.63) is 64.9 Å². The predicted octanol–water partition coefficient (Wildman–Crippen LogP) is 3.58. The van der Waals surface area contributed by atoms with Crippen molar-refractivity contribution < 1.29 is 36.2 Å². The van der Waals surface area contributed by atoms with Gasteiger partial charge in [0, 0.05) is 54.8 Å². The van der Waals surface area contributed by atoms with Crippen LogP contribution in [0, 0.1) is 0 Å². The molecule has 14 heteroatoms. The molecule has 182 valence electrons. The molecule has 4 rings (SSSR count). The van der Waals surface area contributed by atoms with Crippen LogP contribution in [0.5, 0.6) is 0 Å². The van der Waals surface area contributed by atoms with Gasteiger partial charge < -0.3 is 5.11 Å². The second kappa shape index (κ2) is 9.29. The first-order valence-corrected chi connectivity index (χ1v) is 9.54. The standard InChI is InChI=1S/C14H11F3N4O.C6H7F3N2O/c1-20-5-11(13(19-20)14(15,16)17)7-21-6-10-4-9(8-22)2-3-12(10)18-21;1-11-2-4(3-12)5(10-11)6(7,8)9/h2-6,8H,7H2,1H3;2,12H,3H2,1H3. The highest BCUT2D eigenvalue weighted by atomic mass is 19.4. The Hall–Kier alpha value is -3.68. The van der Waals surface area contributed by atoms with E-state index in [-0.39, 0.29) is 17.7 Å². The average molecular weight is 488 g/mol. The van der Waals surface area contributed by atoms with Crippen LogP contribution >= 0.6 is 0 Å². The molecule has 0 atom stereocenters. The largest absolute Gasteiger partial charge is 0.435 e. The third-order valence-corrected chi connectivity index (χ3v) is 4.56. The molecule has 4 aromatic rings. The number of aliphatic hydroxyl groups is 1. The Balaban J connectivity index is 0.000000229. The third kappa shape index (κ3) is 5.62. The van der Waals surface area contributed by atoms with Gasteiger partial charge in [0.15, 0.2) is 11.4 Å². The number of aliphatic hydroxyl groups excluding tert-OH is 1. The summed E-state index contributed by atoms with van der Waals surface area (Å²) in [6, 6.07) is 4.90. The first-order chi connectivity index (χ1) is 15.8. The number of carbonyl (C=O) groups excluding carboxylic acids is 1. The molecule has 0 saturated carbocycles. The lowest BCUT2D eigenvalue weighted by molar-refractivity contribution is -0.143. The summed E-state index contributed by atoms with van der Waals surface area (Å²) in [7, 11) is 2.81. The Bertz CT molecular complexity index is 1300. The summed E-state index contributed by atoms with van der Waals surface area (Å²) < 4.78 is 78.5. The highest BCUT2D eigenvalue weighted by Gasteiger charge is 2.37. The van der Waals surface area contributed by atoms with E-state index in [0.29, 0.717) is 22.8 Å². The van der Waals surface area contributed by atoms with Gasteiger partial charge in [-0.05, 0) is 18.2 Å². The first-order valence-electron chi connectivity index (χ1n) is 9.54. The number of fused-ring (bicyclic) bond motifs is 1. The summed E-state index contributed by atoms with van der Waals surface area (Å²) in [5.41, 5.74) is -0.994. The lowest BCUT2D eigenvalue weighted by Gasteiger charge is -2.05. The number of carbonyl (C=O) groups is 1. The fourth-order valence-corrected chi connectivity index (χ4v) is 3.21. The van der Waals surface area contributed by atoms with Crippen LogP contribution in [0.3, 0.4) is 0 Å². The number of benzene rings is 1. The second-order valence-electron chi connectivity index (χ2n) is 7.27. The number of nitrogens with zero attached hydrogens (tertiary/aromatic N) is 6. The van der Waals surface area contributed by atoms with E-state index in [4.69, 9.17) is 5.11 Å². The van der Waals surface area contributed by atoms with E-state index in [0.717, 1.165) is 15.6 Å². The molecule has 3 heterocycles. The molecule has 0 amide bonds. The Kier molecular flexibility index (Phi) is 6.82. The zero-order chi connectivity index (χ0) is 25.3. The maximum atomic E-state index is 12.9. The Morgan fingerprint density at radius 2 is 1.44 bits per heavy atom. The van der Waals surface area contributed by atoms with Crippen LogP contribution in [0.15, 0.2) is 36.8 Å². The molecular weight excluding hydrogens is 470 g/mol. The Morgan fingerprint density at radius 3 is 1.94 bits per heavy atom. The molecular formula is C20H18F6N6O2. The number of hydrogen-bond acceptors (Lipinski definition) is 5. The van der Waals surface area contributed by atoms with E-state index in [1.165, 1.54) is 25.0 Å².